The van der Waals surface area contributed by atoms with Gasteiger partial charge in [0.25, 0.3) is 5.91 Å². The Balaban J connectivity index is 0.00000380. The van der Waals surface area contributed by atoms with Gasteiger partial charge < -0.3 is 10.2 Å². The van der Waals surface area contributed by atoms with Crippen LogP contribution < -0.4 is 5.32 Å². The Morgan fingerprint density at radius 2 is 1.62 bits per heavy atom. The highest BCUT2D eigenvalue weighted by Gasteiger charge is 2.35. The lowest BCUT2D eigenvalue weighted by Gasteiger charge is -2.16. The van der Waals surface area contributed by atoms with E-state index in [1.54, 1.807) is 54.6 Å². The molecule has 0 bridgehead atoms. The van der Waals surface area contributed by atoms with Crippen LogP contribution in [0.2, 0.25) is 5.02 Å². The number of nitrogens with one attached hydrogen (secondary N) is 1. The van der Waals surface area contributed by atoms with E-state index in [4.69, 9.17) is 11.6 Å². The van der Waals surface area contributed by atoms with E-state index in [-0.39, 0.29) is 29.6 Å². The van der Waals surface area contributed by atoms with Crippen molar-refractivity contribution in [1.82, 2.24) is 20.0 Å². The van der Waals surface area contributed by atoms with E-state index in [9.17, 15) is 18.0 Å². The van der Waals surface area contributed by atoms with Gasteiger partial charge in [0.1, 0.15) is 0 Å². The standard InChI is InChI=1S/C27H24ClF3N4O.ClH/c1-34(2)16-15-32-26(36)19-9-13-21(14-10-19)35-25(22-5-3-4-6-24(22)27(29,30)31)23(17-33-35)18-7-11-20(28)12-8-18;/h3-14,17H,15-16H2,1-2H3,(H,32,36);1H. The molecule has 10 heteroatoms. The molecule has 0 saturated carbocycles. The molecule has 0 saturated heterocycles. The lowest BCUT2D eigenvalue weighted by molar-refractivity contribution is -0.137. The molecule has 3 aromatic carbocycles. The molecule has 0 aliphatic carbocycles. The highest BCUT2D eigenvalue weighted by atomic mass is 35.5. The number of amides is 1. The second kappa shape index (κ2) is 11.8. The smallest absolute Gasteiger partial charge is 0.351 e. The third kappa shape index (κ3) is 6.52. The van der Waals surface area contributed by atoms with Gasteiger partial charge in [-0.05, 0) is 62.1 Å². The fourth-order valence-corrected chi connectivity index (χ4v) is 3.96. The molecular weight excluding hydrogens is 524 g/mol. The number of hydrogen-bond donors (Lipinski definition) is 1. The summed E-state index contributed by atoms with van der Waals surface area (Å²) in [6.07, 6.45) is -3.02. The molecule has 1 amide bonds. The molecule has 0 radical (unpaired) electrons. The van der Waals surface area contributed by atoms with Crippen LogP contribution in [0.1, 0.15) is 15.9 Å². The molecule has 0 fully saturated rings. The molecule has 1 heterocycles. The summed E-state index contributed by atoms with van der Waals surface area (Å²) in [6.45, 7) is 1.20. The summed E-state index contributed by atoms with van der Waals surface area (Å²) in [5.74, 6) is -0.228. The minimum Gasteiger partial charge on any atom is -0.351 e. The number of rotatable bonds is 7. The average molecular weight is 549 g/mol. The molecule has 4 aromatic rings. The minimum atomic E-state index is -4.56. The summed E-state index contributed by atoms with van der Waals surface area (Å²) >= 11 is 6.02. The first-order chi connectivity index (χ1) is 17.1. The second-order valence-corrected chi connectivity index (χ2v) is 8.91. The molecular formula is C27H25Cl2F3N4O. The Bertz CT molecular complexity index is 1350. The highest BCUT2D eigenvalue weighted by molar-refractivity contribution is 6.30. The van der Waals surface area contributed by atoms with Gasteiger partial charge in [-0.15, -0.1) is 12.4 Å². The molecule has 1 aromatic heterocycles. The molecule has 0 aliphatic rings. The van der Waals surface area contributed by atoms with Crippen molar-refractivity contribution in [3.63, 3.8) is 0 Å². The normalized spacial score (nSPS) is 11.3. The molecule has 194 valence electrons. The van der Waals surface area contributed by atoms with E-state index >= 15 is 0 Å². The van der Waals surface area contributed by atoms with Crippen LogP contribution in [-0.2, 0) is 6.18 Å². The van der Waals surface area contributed by atoms with Gasteiger partial charge in [0, 0.05) is 34.8 Å². The molecule has 37 heavy (non-hydrogen) atoms. The molecule has 1 N–H and O–H groups in total. The van der Waals surface area contributed by atoms with Gasteiger partial charge in [-0.25, -0.2) is 4.68 Å². The fourth-order valence-electron chi connectivity index (χ4n) is 3.83. The van der Waals surface area contributed by atoms with E-state index in [1.807, 2.05) is 19.0 Å². The van der Waals surface area contributed by atoms with E-state index in [2.05, 4.69) is 10.4 Å². The van der Waals surface area contributed by atoms with Crippen molar-refractivity contribution in [2.75, 3.05) is 27.2 Å². The van der Waals surface area contributed by atoms with E-state index in [0.717, 1.165) is 6.07 Å². The summed E-state index contributed by atoms with van der Waals surface area (Å²) < 4.78 is 43.3. The second-order valence-electron chi connectivity index (χ2n) is 8.47. The van der Waals surface area contributed by atoms with Gasteiger partial charge in [-0.3, -0.25) is 4.79 Å². The number of carbonyl (C=O) groups is 1. The number of carbonyl (C=O) groups excluding carboxylic acids is 1. The topological polar surface area (TPSA) is 50.2 Å². The van der Waals surface area contributed by atoms with E-state index in [1.165, 1.54) is 23.0 Å². The number of halogens is 5. The fraction of sp³-hybridized carbons (Fsp3) is 0.185. The highest BCUT2D eigenvalue weighted by Crippen LogP contribution is 2.41. The van der Waals surface area contributed by atoms with Gasteiger partial charge in [0.15, 0.2) is 0 Å². The average Bonchev–Trinajstić information content (AvgIpc) is 3.29. The van der Waals surface area contributed by atoms with Gasteiger partial charge >= 0.3 is 6.18 Å². The molecule has 0 spiro atoms. The van der Waals surface area contributed by atoms with Crippen molar-refractivity contribution in [3.05, 3.63) is 95.1 Å². The molecule has 0 atom stereocenters. The molecule has 4 rings (SSSR count). The number of hydrogen-bond acceptors (Lipinski definition) is 3. The van der Waals surface area contributed by atoms with Crippen molar-refractivity contribution in [3.8, 4) is 28.1 Å². The van der Waals surface area contributed by atoms with Crippen LogP contribution in [0.5, 0.6) is 0 Å². The van der Waals surface area contributed by atoms with Crippen molar-refractivity contribution in [2.45, 2.75) is 6.18 Å². The third-order valence-electron chi connectivity index (χ3n) is 5.63. The predicted molar refractivity (Wildman–Crippen MR) is 143 cm³/mol. The van der Waals surface area contributed by atoms with Gasteiger partial charge in [0.2, 0.25) is 0 Å². The first kappa shape index (κ1) is 28.2. The summed E-state index contributed by atoms with van der Waals surface area (Å²) in [5, 5.41) is 7.80. The molecule has 0 aliphatic heterocycles. The number of nitrogens with zero attached hydrogens (tertiary/aromatic N) is 3. The zero-order chi connectivity index (χ0) is 25.9. The van der Waals surface area contributed by atoms with Crippen molar-refractivity contribution in [1.29, 1.82) is 0 Å². The zero-order valence-corrected chi connectivity index (χ0v) is 21.7. The number of benzene rings is 3. The van der Waals surface area contributed by atoms with Crippen LogP contribution >= 0.6 is 24.0 Å². The number of aromatic nitrogens is 2. The molecule has 0 unspecified atom stereocenters. The largest absolute Gasteiger partial charge is 0.417 e. The monoisotopic (exact) mass is 548 g/mol. The Hall–Kier alpha value is -3.33. The Morgan fingerprint density at radius 1 is 0.973 bits per heavy atom. The SMILES string of the molecule is CN(C)CCNC(=O)c1ccc(-n2ncc(-c3ccc(Cl)cc3)c2-c2ccccc2C(F)(F)F)cc1.Cl. The quantitative estimate of drug-likeness (QED) is 0.283. The van der Waals surface area contributed by atoms with E-state index < -0.39 is 11.7 Å². The number of likely N-dealkylation sites (N-methyl/N-ethyl adjacent to an activating group) is 1. The van der Waals surface area contributed by atoms with Crippen LogP contribution in [0.3, 0.4) is 0 Å². The summed E-state index contributed by atoms with van der Waals surface area (Å²) in [7, 11) is 3.83. The van der Waals surface area contributed by atoms with Gasteiger partial charge in [-0.1, -0.05) is 41.9 Å². The van der Waals surface area contributed by atoms with Crippen molar-refractivity contribution >= 4 is 29.9 Å². The Kier molecular flexibility index (Phi) is 9.02. The predicted octanol–water partition coefficient (Wildman–Crippen LogP) is 6.59. The number of alkyl halides is 3. The molecule has 5 nitrogen and oxygen atoms in total. The first-order valence-corrected chi connectivity index (χ1v) is 11.6. The Labute approximate surface area is 224 Å². The summed E-state index contributed by atoms with van der Waals surface area (Å²) in [5.41, 5.74) is 1.68. The van der Waals surface area contributed by atoms with Gasteiger partial charge in [-0.2, -0.15) is 18.3 Å². The summed E-state index contributed by atoms with van der Waals surface area (Å²) in [4.78, 5) is 14.4. The summed E-state index contributed by atoms with van der Waals surface area (Å²) in [6, 6.07) is 18.8. The van der Waals surface area contributed by atoms with Gasteiger partial charge in [0.05, 0.1) is 23.1 Å². The third-order valence-corrected chi connectivity index (χ3v) is 5.88. The van der Waals surface area contributed by atoms with Crippen LogP contribution in [0.4, 0.5) is 13.2 Å². The maximum Gasteiger partial charge on any atom is 0.417 e. The maximum absolute atomic E-state index is 14.0. The van der Waals surface area contributed by atoms with E-state index in [0.29, 0.717) is 40.5 Å². The van der Waals surface area contributed by atoms with Crippen LogP contribution in [-0.4, -0.2) is 47.8 Å². The lowest BCUT2D eigenvalue weighted by Crippen LogP contribution is -2.31. The zero-order valence-electron chi connectivity index (χ0n) is 20.1. The minimum absolute atomic E-state index is 0. The lowest BCUT2D eigenvalue weighted by atomic mass is 9.97. The van der Waals surface area contributed by atoms with Crippen LogP contribution in [0, 0.1) is 0 Å². The van der Waals surface area contributed by atoms with Crippen molar-refractivity contribution in [2.24, 2.45) is 0 Å². The van der Waals surface area contributed by atoms with Crippen LogP contribution in [0.15, 0.2) is 79.0 Å². The first-order valence-electron chi connectivity index (χ1n) is 11.2. The van der Waals surface area contributed by atoms with Crippen molar-refractivity contribution < 1.29 is 18.0 Å². The maximum atomic E-state index is 14.0. The van der Waals surface area contributed by atoms with Crippen LogP contribution in [0.25, 0.3) is 28.1 Å². The Morgan fingerprint density at radius 3 is 2.24 bits per heavy atom.